The Morgan fingerprint density at radius 3 is 2.56 bits per heavy atom. The molecule has 2 aromatic carbocycles. The third-order valence-corrected chi connectivity index (χ3v) is 5.17. The van der Waals surface area contributed by atoms with Crippen molar-refractivity contribution in [3.8, 4) is 0 Å². The molecule has 0 saturated heterocycles. The molecule has 3 rings (SSSR count). The molecular formula is C20H19ClN2OS. The number of aromatic nitrogens is 1. The van der Waals surface area contributed by atoms with Gasteiger partial charge in [-0.2, -0.15) is 0 Å². The van der Waals surface area contributed by atoms with Crippen LogP contribution in [-0.2, 0) is 13.0 Å². The van der Waals surface area contributed by atoms with Gasteiger partial charge in [-0.25, -0.2) is 4.98 Å². The molecule has 0 saturated carbocycles. The maximum atomic E-state index is 12.8. The highest BCUT2D eigenvalue weighted by molar-refractivity contribution is 7.09. The van der Waals surface area contributed by atoms with E-state index in [1.165, 1.54) is 16.9 Å². The number of thiazole rings is 1. The largest absolute Gasteiger partial charge is 0.333 e. The van der Waals surface area contributed by atoms with Gasteiger partial charge in [-0.1, -0.05) is 60.1 Å². The predicted octanol–water partition coefficient (Wildman–Crippen LogP) is 5.05. The van der Waals surface area contributed by atoms with Gasteiger partial charge in [0.05, 0.1) is 5.01 Å². The molecule has 5 heteroatoms. The number of carbonyl (C=O) groups excluding carboxylic acids is 1. The van der Waals surface area contributed by atoms with E-state index >= 15 is 0 Å². The van der Waals surface area contributed by atoms with Gasteiger partial charge >= 0.3 is 0 Å². The fraction of sp³-hybridized carbons (Fsp3) is 0.200. The highest BCUT2D eigenvalue weighted by Crippen LogP contribution is 2.20. The molecule has 1 aromatic heterocycles. The number of amides is 1. The number of nitrogens with zero attached hydrogens (tertiary/aromatic N) is 2. The maximum absolute atomic E-state index is 12.8. The first-order chi connectivity index (χ1) is 12.2. The molecule has 0 bridgehead atoms. The highest BCUT2D eigenvalue weighted by atomic mass is 35.5. The van der Waals surface area contributed by atoms with Crippen LogP contribution in [0.25, 0.3) is 0 Å². The Morgan fingerprint density at radius 2 is 1.84 bits per heavy atom. The molecule has 0 N–H and O–H groups in total. The van der Waals surface area contributed by atoms with Gasteiger partial charge in [0.2, 0.25) is 0 Å². The van der Waals surface area contributed by atoms with Crippen molar-refractivity contribution in [2.75, 3.05) is 6.54 Å². The van der Waals surface area contributed by atoms with Gasteiger partial charge in [0, 0.05) is 29.9 Å². The molecule has 1 amide bonds. The SMILES string of the molecule is CCN(Cc1ccccc1Cl)C(=O)c1csc(Cc2ccccc2)n1. The van der Waals surface area contributed by atoms with Gasteiger partial charge < -0.3 is 4.90 Å². The van der Waals surface area contributed by atoms with Crippen LogP contribution in [-0.4, -0.2) is 22.3 Å². The third-order valence-electron chi connectivity index (χ3n) is 3.96. The summed E-state index contributed by atoms with van der Waals surface area (Å²) < 4.78 is 0. The molecule has 0 radical (unpaired) electrons. The zero-order valence-electron chi connectivity index (χ0n) is 14.0. The number of halogens is 1. The molecule has 0 spiro atoms. The topological polar surface area (TPSA) is 33.2 Å². The molecule has 128 valence electrons. The first-order valence-corrected chi connectivity index (χ1v) is 9.44. The van der Waals surface area contributed by atoms with Crippen molar-refractivity contribution < 1.29 is 4.79 Å². The van der Waals surface area contributed by atoms with E-state index in [4.69, 9.17) is 11.6 Å². The summed E-state index contributed by atoms with van der Waals surface area (Å²) in [5.41, 5.74) is 2.64. The van der Waals surface area contributed by atoms with E-state index in [9.17, 15) is 4.79 Å². The smallest absolute Gasteiger partial charge is 0.273 e. The van der Waals surface area contributed by atoms with Gasteiger partial charge in [-0.05, 0) is 24.1 Å². The van der Waals surface area contributed by atoms with Crippen LogP contribution in [0.2, 0.25) is 5.02 Å². The standard InChI is InChI=1S/C20H19ClN2OS/c1-2-23(13-16-10-6-7-11-17(16)21)20(24)18-14-25-19(22-18)12-15-8-4-3-5-9-15/h3-11,14H,2,12-13H2,1H3. The Balaban J connectivity index is 1.72. The lowest BCUT2D eigenvalue weighted by molar-refractivity contribution is 0.0747. The van der Waals surface area contributed by atoms with E-state index in [0.717, 1.165) is 17.0 Å². The quantitative estimate of drug-likeness (QED) is 0.608. The Morgan fingerprint density at radius 1 is 1.12 bits per heavy atom. The maximum Gasteiger partial charge on any atom is 0.273 e. The van der Waals surface area contributed by atoms with Gasteiger partial charge in [-0.3, -0.25) is 4.79 Å². The van der Waals surface area contributed by atoms with Crippen LogP contribution in [0.15, 0.2) is 60.0 Å². The molecule has 0 fully saturated rings. The van der Waals surface area contributed by atoms with Gasteiger partial charge in [0.15, 0.2) is 0 Å². The van der Waals surface area contributed by atoms with E-state index in [0.29, 0.717) is 23.8 Å². The van der Waals surface area contributed by atoms with Crippen LogP contribution in [0.4, 0.5) is 0 Å². The lowest BCUT2D eigenvalue weighted by Crippen LogP contribution is -2.30. The summed E-state index contributed by atoms with van der Waals surface area (Å²) in [4.78, 5) is 19.1. The van der Waals surface area contributed by atoms with Crippen LogP contribution in [0.5, 0.6) is 0 Å². The van der Waals surface area contributed by atoms with Crippen LogP contribution in [0.1, 0.15) is 33.5 Å². The fourth-order valence-electron chi connectivity index (χ4n) is 2.58. The van der Waals surface area contributed by atoms with Gasteiger partial charge in [0.1, 0.15) is 5.69 Å². The summed E-state index contributed by atoms with van der Waals surface area (Å²) in [5, 5.41) is 3.47. The van der Waals surface area contributed by atoms with E-state index in [1.54, 1.807) is 4.90 Å². The van der Waals surface area contributed by atoms with Crippen molar-refractivity contribution in [2.24, 2.45) is 0 Å². The van der Waals surface area contributed by atoms with Gasteiger partial charge in [-0.15, -0.1) is 11.3 Å². The fourth-order valence-corrected chi connectivity index (χ4v) is 3.58. The number of hydrogen-bond donors (Lipinski definition) is 0. The monoisotopic (exact) mass is 370 g/mol. The van der Waals surface area contributed by atoms with Crippen molar-refractivity contribution in [3.05, 3.63) is 86.8 Å². The highest BCUT2D eigenvalue weighted by Gasteiger charge is 2.18. The predicted molar refractivity (Wildman–Crippen MR) is 103 cm³/mol. The number of benzene rings is 2. The molecule has 25 heavy (non-hydrogen) atoms. The van der Waals surface area contributed by atoms with Crippen molar-refractivity contribution in [2.45, 2.75) is 19.9 Å². The second kappa shape index (κ2) is 8.28. The number of hydrogen-bond acceptors (Lipinski definition) is 3. The Kier molecular flexibility index (Phi) is 5.84. The third kappa shape index (κ3) is 4.47. The lowest BCUT2D eigenvalue weighted by Gasteiger charge is -2.20. The Labute approximate surface area is 156 Å². The summed E-state index contributed by atoms with van der Waals surface area (Å²) in [6.07, 6.45) is 0.745. The van der Waals surface area contributed by atoms with Crippen molar-refractivity contribution >= 4 is 28.8 Å². The normalized spacial score (nSPS) is 10.6. The molecule has 0 aliphatic carbocycles. The molecule has 0 atom stereocenters. The molecule has 3 aromatic rings. The Bertz CT molecular complexity index is 848. The Hall–Kier alpha value is -2.17. The zero-order valence-corrected chi connectivity index (χ0v) is 15.6. The van der Waals surface area contributed by atoms with E-state index in [2.05, 4.69) is 17.1 Å². The minimum absolute atomic E-state index is 0.0574. The molecule has 1 heterocycles. The van der Waals surface area contributed by atoms with Crippen molar-refractivity contribution in [3.63, 3.8) is 0 Å². The summed E-state index contributed by atoms with van der Waals surface area (Å²) in [6.45, 7) is 3.06. The van der Waals surface area contributed by atoms with Crippen LogP contribution < -0.4 is 0 Å². The minimum atomic E-state index is -0.0574. The first kappa shape index (κ1) is 17.6. The minimum Gasteiger partial charge on any atom is -0.333 e. The number of rotatable bonds is 6. The summed E-state index contributed by atoms with van der Waals surface area (Å²) in [5.74, 6) is -0.0574. The van der Waals surface area contributed by atoms with Crippen molar-refractivity contribution in [1.29, 1.82) is 0 Å². The lowest BCUT2D eigenvalue weighted by atomic mass is 10.2. The molecule has 0 aliphatic rings. The number of carbonyl (C=O) groups is 1. The van der Waals surface area contributed by atoms with Gasteiger partial charge in [0.25, 0.3) is 5.91 Å². The second-order valence-corrected chi connectivity index (χ2v) is 7.05. The van der Waals surface area contributed by atoms with Crippen LogP contribution in [0.3, 0.4) is 0 Å². The molecule has 3 nitrogen and oxygen atoms in total. The average molecular weight is 371 g/mol. The van der Waals surface area contributed by atoms with Crippen LogP contribution >= 0.6 is 22.9 Å². The molecule has 0 aliphatic heterocycles. The molecular weight excluding hydrogens is 352 g/mol. The first-order valence-electron chi connectivity index (χ1n) is 8.18. The van der Waals surface area contributed by atoms with E-state index in [-0.39, 0.29) is 5.91 Å². The van der Waals surface area contributed by atoms with E-state index < -0.39 is 0 Å². The van der Waals surface area contributed by atoms with Crippen LogP contribution in [0, 0.1) is 0 Å². The second-order valence-electron chi connectivity index (χ2n) is 5.70. The molecule has 0 unspecified atom stereocenters. The zero-order chi connectivity index (χ0) is 17.6. The summed E-state index contributed by atoms with van der Waals surface area (Å²) >= 11 is 7.74. The summed E-state index contributed by atoms with van der Waals surface area (Å²) in [7, 11) is 0. The van der Waals surface area contributed by atoms with E-state index in [1.807, 2.05) is 54.8 Å². The summed E-state index contributed by atoms with van der Waals surface area (Å²) in [6, 6.07) is 17.8. The van der Waals surface area contributed by atoms with Crippen molar-refractivity contribution in [1.82, 2.24) is 9.88 Å². The average Bonchev–Trinajstić information content (AvgIpc) is 3.10.